The number of halogens is 3. The van der Waals surface area contributed by atoms with E-state index < -0.39 is 23.6 Å². The van der Waals surface area contributed by atoms with E-state index in [9.17, 15) is 22.8 Å². The van der Waals surface area contributed by atoms with Crippen LogP contribution in [0.2, 0.25) is 0 Å². The molecule has 9 heteroatoms. The number of rotatable bonds is 5. The Morgan fingerprint density at radius 1 is 0.943 bits per heavy atom. The lowest BCUT2D eigenvalue weighted by molar-refractivity contribution is -0.137. The number of carbonyl (C=O) groups excluding carboxylic acids is 2. The maximum atomic E-state index is 13.5. The van der Waals surface area contributed by atoms with Crippen molar-refractivity contribution in [3.05, 3.63) is 89.0 Å². The van der Waals surface area contributed by atoms with Crippen LogP contribution < -0.4 is 14.4 Å². The van der Waals surface area contributed by atoms with Gasteiger partial charge >= 0.3 is 6.18 Å². The molecule has 4 rings (SSSR count). The summed E-state index contributed by atoms with van der Waals surface area (Å²) in [5.41, 5.74) is 0.00459. The summed E-state index contributed by atoms with van der Waals surface area (Å²) in [6.45, 7) is -0.184. The molecule has 35 heavy (non-hydrogen) atoms. The number of hydrogen-bond donors (Lipinski definition) is 0. The fourth-order valence-corrected chi connectivity index (χ4v) is 3.72. The van der Waals surface area contributed by atoms with Crippen LogP contribution in [0.3, 0.4) is 0 Å². The number of anilines is 1. The van der Waals surface area contributed by atoms with Gasteiger partial charge in [0.25, 0.3) is 11.8 Å². The Morgan fingerprint density at radius 2 is 1.69 bits per heavy atom. The molecule has 176 valence electrons. The van der Waals surface area contributed by atoms with Gasteiger partial charge < -0.3 is 9.47 Å². The summed E-state index contributed by atoms with van der Waals surface area (Å²) in [7, 11) is 1.42. The summed E-state index contributed by atoms with van der Waals surface area (Å²) in [5.74, 6) is -0.846. The van der Waals surface area contributed by atoms with E-state index in [1.54, 1.807) is 36.4 Å². The first kappa shape index (κ1) is 23.6. The summed E-state index contributed by atoms with van der Waals surface area (Å²) >= 11 is 0. The van der Waals surface area contributed by atoms with E-state index in [0.717, 1.165) is 23.1 Å². The fourth-order valence-electron chi connectivity index (χ4n) is 3.72. The number of carbonyl (C=O) groups is 2. The van der Waals surface area contributed by atoms with Crippen molar-refractivity contribution in [1.29, 1.82) is 5.26 Å². The fraction of sp³-hybridized carbons (Fsp3) is 0.115. The molecule has 3 aromatic carbocycles. The van der Waals surface area contributed by atoms with E-state index >= 15 is 0 Å². The lowest BCUT2D eigenvalue weighted by Crippen LogP contribution is -2.41. The molecule has 6 nitrogen and oxygen atoms in total. The summed E-state index contributed by atoms with van der Waals surface area (Å²) in [6.07, 6.45) is -3.12. The van der Waals surface area contributed by atoms with Crippen molar-refractivity contribution in [2.75, 3.05) is 18.6 Å². The van der Waals surface area contributed by atoms with Crippen LogP contribution in [0, 0.1) is 11.3 Å². The van der Waals surface area contributed by atoms with Crippen molar-refractivity contribution in [3.8, 4) is 17.6 Å². The lowest BCUT2D eigenvalue weighted by atomic mass is 9.91. The summed E-state index contributed by atoms with van der Waals surface area (Å²) < 4.78 is 50.4. The van der Waals surface area contributed by atoms with Crippen LogP contribution in [-0.4, -0.2) is 25.5 Å². The molecule has 0 unspecified atom stereocenters. The Balaban J connectivity index is 1.83. The first-order chi connectivity index (χ1) is 16.7. The van der Waals surface area contributed by atoms with E-state index in [-0.39, 0.29) is 23.4 Å². The van der Waals surface area contributed by atoms with Gasteiger partial charge in [-0.15, -0.1) is 0 Å². The highest BCUT2D eigenvalue weighted by Gasteiger charge is 2.37. The number of amides is 2. The van der Waals surface area contributed by atoms with Gasteiger partial charge in [-0.25, -0.2) is 4.90 Å². The zero-order chi connectivity index (χ0) is 25.2. The van der Waals surface area contributed by atoms with E-state index in [1.165, 1.54) is 25.3 Å². The zero-order valence-electron chi connectivity index (χ0n) is 18.3. The Hall–Kier alpha value is -4.58. The molecule has 1 aliphatic rings. The summed E-state index contributed by atoms with van der Waals surface area (Å²) in [4.78, 5) is 27.4. The molecule has 0 aromatic heterocycles. The maximum Gasteiger partial charge on any atom is 0.416 e. The SMILES string of the molecule is COc1cc(/C=C2/C(=O)N(c3cccc(C(F)(F)F)c3)C(=O)c3ccccc32)ccc1OCC#N. The van der Waals surface area contributed by atoms with Gasteiger partial charge in [0.15, 0.2) is 18.1 Å². The largest absolute Gasteiger partial charge is 0.493 e. The highest BCUT2D eigenvalue weighted by atomic mass is 19.4. The highest BCUT2D eigenvalue weighted by Crippen LogP contribution is 2.37. The monoisotopic (exact) mass is 478 g/mol. The number of nitrogens with zero attached hydrogens (tertiary/aromatic N) is 2. The van der Waals surface area contributed by atoms with Gasteiger partial charge in [0, 0.05) is 11.1 Å². The number of alkyl halides is 3. The van der Waals surface area contributed by atoms with Gasteiger partial charge in [0.05, 0.1) is 18.4 Å². The number of imide groups is 1. The van der Waals surface area contributed by atoms with E-state index in [0.29, 0.717) is 22.6 Å². The topological polar surface area (TPSA) is 79.6 Å². The Bertz CT molecular complexity index is 1390. The Labute approximate surface area is 198 Å². The second-order valence-corrected chi connectivity index (χ2v) is 7.45. The summed E-state index contributed by atoms with van der Waals surface area (Å²) in [6, 6.07) is 17.1. The van der Waals surface area contributed by atoms with Crippen LogP contribution in [0.4, 0.5) is 18.9 Å². The second kappa shape index (κ2) is 9.35. The molecule has 0 radical (unpaired) electrons. The van der Waals surface area contributed by atoms with Gasteiger partial charge in [-0.1, -0.05) is 30.3 Å². The molecule has 1 heterocycles. The normalized spacial score (nSPS) is 14.5. The van der Waals surface area contributed by atoms with Crippen molar-refractivity contribution in [2.24, 2.45) is 0 Å². The first-order valence-electron chi connectivity index (χ1n) is 10.3. The number of hydrogen-bond acceptors (Lipinski definition) is 5. The third-order valence-electron chi connectivity index (χ3n) is 5.31. The minimum absolute atomic E-state index is 0.116. The van der Waals surface area contributed by atoms with E-state index in [4.69, 9.17) is 14.7 Å². The minimum Gasteiger partial charge on any atom is -0.493 e. The quantitative estimate of drug-likeness (QED) is 0.365. The van der Waals surface area contributed by atoms with E-state index in [2.05, 4.69) is 0 Å². The van der Waals surface area contributed by atoms with Crippen molar-refractivity contribution >= 4 is 29.2 Å². The predicted molar refractivity (Wildman–Crippen MR) is 122 cm³/mol. The number of ether oxygens (including phenoxy) is 2. The average Bonchev–Trinajstić information content (AvgIpc) is 2.85. The molecule has 0 saturated heterocycles. The number of methoxy groups -OCH3 is 1. The molecular weight excluding hydrogens is 461 g/mol. The molecule has 2 amide bonds. The van der Waals surface area contributed by atoms with Crippen LogP contribution in [0.5, 0.6) is 11.5 Å². The zero-order valence-corrected chi connectivity index (χ0v) is 18.3. The molecule has 0 fully saturated rings. The van der Waals surface area contributed by atoms with Gasteiger partial charge in [-0.05, 0) is 53.6 Å². The molecule has 3 aromatic rings. The number of nitriles is 1. The summed E-state index contributed by atoms with van der Waals surface area (Å²) in [5, 5.41) is 8.73. The molecule has 0 atom stereocenters. The molecule has 0 N–H and O–H groups in total. The molecule has 0 aliphatic carbocycles. The van der Waals surface area contributed by atoms with Gasteiger partial charge in [0.2, 0.25) is 0 Å². The minimum atomic E-state index is -4.64. The van der Waals surface area contributed by atoms with Crippen molar-refractivity contribution < 1.29 is 32.2 Å². The van der Waals surface area contributed by atoms with Crippen LogP contribution >= 0.6 is 0 Å². The molecule has 0 spiro atoms. The highest BCUT2D eigenvalue weighted by molar-refractivity contribution is 6.43. The van der Waals surface area contributed by atoms with Crippen molar-refractivity contribution in [2.45, 2.75) is 6.18 Å². The van der Waals surface area contributed by atoms with Crippen LogP contribution in [0.25, 0.3) is 11.6 Å². The van der Waals surface area contributed by atoms with Gasteiger partial charge in [-0.2, -0.15) is 18.4 Å². The van der Waals surface area contributed by atoms with Gasteiger partial charge in [0.1, 0.15) is 6.07 Å². The third-order valence-corrected chi connectivity index (χ3v) is 5.31. The molecular formula is C26H17F3N2O4. The van der Waals surface area contributed by atoms with Crippen LogP contribution in [0.15, 0.2) is 66.7 Å². The van der Waals surface area contributed by atoms with Gasteiger partial charge in [-0.3, -0.25) is 9.59 Å². The van der Waals surface area contributed by atoms with Crippen molar-refractivity contribution in [3.63, 3.8) is 0 Å². The Kier molecular flexibility index (Phi) is 6.30. The first-order valence-corrected chi connectivity index (χ1v) is 10.3. The maximum absolute atomic E-state index is 13.5. The molecule has 0 saturated carbocycles. The van der Waals surface area contributed by atoms with Crippen LogP contribution in [0.1, 0.15) is 27.0 Å². The lowest BCUT2D eigenvalue weighted by Gasteiger charge is -2.29. The third kappa shape index (κ3) is 4.59. The second-order valence-electron chi connectivity index (χ2n) is 7.45. The van der Waals surface area contributed by atoms with E-state index in [1.807, 2.05) is 6.07 Å². The molecule has 0 bridgehead atoms. The average molecular weight is 478 g/mol. The number of fused-ring (bicyclic) bond motifs is 1. The Morgan fingerprint density at radius 3 is 2.37 bits per heavy atom. The van der Waals surface area contributed by atoms with Crippen molar-refractivity contribution in [1.82, 2.24) is 0 Å². The smallest absolute Gasteiger partial charge is 0.416 e. The standard InChI is InChI=1S/C26H17F3N2O4/c1-34-23-14-16(9-10-22(23)35-12-11-30)13-21-19-7-2-3-8-20(19)24(32)31(25(21)33)18-6-4-5-17(15-18)26(27,28)29/h2-10,13-15H,12H2,1H3/b21-13+. The predicted octanol–water partition coefficient (Wildman–Crippen LogP) is 5.34. The van der Waals surface area contributed by atoms with Crippen LogP contribution in [-0.2, 0) is 11.0 Å². The molecule has 1 aliphatic heterocycles. The number of benzene rings is 3.